The van der Waals surface area contributed by atoms with Crippen molar-refractivity contribution >= 4 is 5.91 Å². The maximum absolute atomic E-state index is 11.4. The third-order valence-electron chi connectivity index (χ3n) is 3.95. The van der Waals surface area contributed by atoms with Crippen molar-refractivity contribution in [3.05, 3.63) is 60.4 Å². The Bertz CT molecular complexity index is 940. The molecule has 1 amide bonds. The van der Waals surface area contributed by atoms with Crippen LogP contribution in [0.4, 0.5) is 0 Å². The Hall–Kier alpha value is -3.41. The summed E-state index contributed by atoms with van der Waals surface area (Å²) < 4.78 is 10.9. The molecule has 0 saturated heterocycles. The molecule has 0 radical (unpaired) electrons. The summed E-state index contributed by atoms with van der Waals surface area (Å²) in [5.74, 6) is 1.37. The highest BCUT2D eigenvalue weighted by molar-refractivity contribution is 5.77. The van der Waals surface area contributed by atoms with Crippen LogP contribution in [0.3, 0.4) is 0 Å². The maximum atomic E-state index is 11.4. The minimum Gasteiger partial charge on any atom is -0.497 e. The number of carbonyl (C=O) groups is 1. The fourth-order valence-corrected chi connectivity index (χ4v) is 2.74. The number of aromatic nitrogens is 2. The summed E-state index contributed by atoms with van der Waals surface area (Å²) in [6.45, 7) is 2.47. The van der Waals surface area contributed by atoms with Crippen molar-refractivity contribution in [1.82, 2.24) is 9.97 Å². The lowest BCUT2D eigenvalue weighted by Gasteiger charge is -2.12. The molecule has 27 heavy (non-hydrogen) atoms. The third kappa shape index (κ3) is 4.41. The summed E-state index contributed by atoms with van der Waals surface area (Å²) in [4.78, 5) is 20.5. The molecule has 0 aliphatic heterocycles. The lowest BCUT2D eigenvalue weighted by Crippen LogP contribution is -2.16. The molecule has 1 aromatic heterocycles. The lowest BCUT2D eigenvalue weighted by molar-refractivity contribution is -0.117. The largest absolute Gasteiger partial charge is 0.497 e. The molecule has 6 heteroatoms. The van der Waals surface area contributed by atoms with Gasteiger partial charge in [-0.05, 0) is 49.4 Å². The van der Waals surface area contributed by atoms with E-state index in [4.69, 9.17) is 15.2 Å². The van der Waals surface area contributed by atoms with Crippen molar-refractivity contribution in [2.45, 2.75) is 13.3 Å². The van der Waals surface area contributed by atoms with Crippen molar-refractivity contribution in [1.29, 1.82) is 0 Å². The quantitative estimate of drug-likeness (QED) is 0.696. The number of nitrogens with zero attached hydrogens (tertiary/aromatic N) is 2. The molecule has 138 valence electrons. The van der Waals surface area contributed by atoms with Gasteiger partial charge in [-0.2, -0.15) is 0 Å². The summed E-state index contributed by atoms with van der Waals surface area (Å²) in [5, 5.41) is 0. The number of hydrogen-bond acceptors (Lipinski definition) is 5. The normalized spacial score (nSPS) is 10.4. The van der Waals surface area contributed by atoms with Crippen molar-refractivity contribution in [2.24, 2.45) is 5.73 Å². The van der Waals surface area contributed by atoms with Crippen LogP contribution in [-0.2, 0) is 11.2 Å². The second kappa shape index (κ2) is 8.31. The Kier molecular flexibility index (Phi) is 5.66. The predicted octanol–water partition coefficient (Wildman–Crippen LogP) is 3.25. The topological polar surface area (TPSA) is 87.3 Å². The summed E-state index contributed by atoms with van der Waals surface area (Å²) in [7, 11) is 1.62. The van der Waals surface area contributed by atoms with Gasteiger partial charge in [0.05, 0.1) is 31.5 Å². The average Bonchev–Trinajstić information content (AvgIpc) is 2.68. The van der Waals surface area contributed by atoms with Crippen molar-refractivity contribution < 1.29 is 14.3 Å². The van der Waals surface area contributed by atoms with E-state index in [2.05, 4.69) is 9.97 Å². The highest BCUT2D eigenvalue weighted by atomic mass is 16.5. The smallest absolute Gasteiger partial charge is 0.225 e. The van der Waals surface area contributed by atoms with Gasteiger partial charge < -0.3 is 15.2 Å². The number of amides is 1. The molecule has 2 aromatic carbocycles. The lowest BCUT2D eigenvalue weighted by atomic mass is 10.1. The molecule has 6 nitrogen and oxygen atoms in total. The number of nitrogens with two attached hydrogens (primary N) is 1. The first kappa shape index (κ1) is 18.4. The first-order valence-corrected chi connectivity index (χ1v) is 8.63. The monoisotopic (exact) mass is 363 g/mol. The van der Waals surface area contributed by atoms with Crippen LogP contribution in [0.2, 0.25) is 0 Å². The average molecular weight is 363 g/mol. The van der Waals surface area contributed by atoms with Gasteiger partial charge in [-0.15, -0.1) is 0 Å². The number of hydrogen-bond donors (Lipinski definition) is 1. The highest BCUT2D eigenvalue weighted by Gasteiger charge is 2.13. The van der Waals surface area contributed by atoms with E-state index in [1.807, 2.05) is 61.5 Å². The molecule has 0 saturated carbocycles. The second-order valence-corrected chi connectivity index (χ2v) is 5.86. The van der Waals surface area contributed by atoms with E-state index in [0.29, 0.717) is 23.8 Å². The Balaban J connectivity index is 2.12. The maximum Gasteiger partial charge on any atom is 0.225 e. The molecule has 1 heterocycles. The standard InChI is InChI=1S/C21H21N3O3/c1-3-27-19-7-5-4-6-16(19)18-12-17(23-21(24-18)13-20(22)25)14-8-10-15(26-2)11-9-14/h4-12H,3,13H2,1-2H3,(H2,22,25). The van der Waals surface area contributed by atoms with E-state index in [1.165, 1.54) is 0 Å². The number of rotatable bonds is 7. The van der Waals surface area contributed by atoms with E-state index in [-0.39, 0.29) is 6.42 Å². The van der Waals surface area contributed by atoms with E-state index in [9.17, 15) is 4.79 Å². The summed E-state index contributed by atoms with van der Waals surface area (Å²) in [5.41, 5.74) is 8.46. The fraction of sp³-hybridized carbons (Fsp3) is 0.190. The molecule has 0 fully saturated rings. The highest BCUT2D eigenvalue weighted by Crippen LogP contribution is 2.31. The molecule has 2 N–H and O–H groups in total. The van der Waals surface area contributed by atoms with E-state index < -0.39 is 5.91 Å². The molecular weight excluding hydrogens is 342 g/mol. The SMILES string of the molecule is CCOc1ccccc1-c1cc(-c2ccc(OC)cc2)nc(CC(N)=O)n1. The predicted molar refractivity (Wildman–Crippen MR) is 104 cm³/mol. The van der Waals surface area contributed by atoms with Gasteiger partial charge in [0.2, 0.25) is 5.91 Å². The van der Waals surface area contributed by atoms with Gasteiger partial charge >= 0.3 is 0 Å². The van der Waals surface area contributed by atoms with Crippen LogP contribution in [-0.4, -0.2) is 29.6 Å². The van der Waals surface area contributed by atoms with Crippen molar-refractivity contribution in [3.63, 3.8) is 0 Å². The first-order chi connectivity index (χ1) is 13.1. The number of ether oxygens (including phenoxy) is 2. The van der Waals surface area contributed by atoms with Gasteiger partial charge in [-0.1, -0.05) is 12.1 Å². The summed E-state index contributed by atoms with van der Waals surface area (Å²) in [6.07, 6.45) is -0.0339. The van der Waals surface area contributed by atoms with Gasteiger partial charge in [0, 0.05) is 11.1 Å². The molecule has 0 bridgehead atoms. The van der Waals surface area contributed by atoms with Gasteiger partial charge in [0.1, 0.15) is 17.3 Å². The van der Waals surface area contributed by atoms with E-state index >= 15 is 0 Å². The number of primary amides is 1. The van der Waals surface area contributed by atoms with Crippen molar-refractivity contribution in [2.75, 3.05) is 13.7 Å². The zero-order valence-electron chi connectivity index (χ0n) is 15.3. The van der Waals surface area contributed by atoms with Crippen molar-refractivity contribution in [3.8, 4) is 34.0 Å². The minimum absolute atomic E-state index is 0.0339. The summed E-state index contributed by atoms with van der Waals surface area (Å²) in [6, 6.07) is 17.1. The number of carbonyl (C=O) groups excluding carboxylic acids is 1. The molecular formula is C21H21N3O3. The Morgan fingerprint density at radius 3 is 2.41 bits per heavy atom. The molecule has 0 aliphatic rings. The molecule has 0 atom stereocenters. The van der Waals surface area contributed by atoms with Crippen LogP contribution in [0.1, 0.15) is 12.7 Å². The number of para-hydroxylation sites is 1. The molecule has 3 aromatic rings. The summed E-state index contributed by atoms with van der Waals surface area (Å²) >= 11 is 0. The fourth-order valence-electron chi connectivity index (χ4n) is 2.74. The number of benzene rings is 2. The van der Waals surface area contributed by atoms with Crippen LogP contribution in [0.15, 0.2) is 54.6 Å². The Morgan fingerprint density at radius 2 is 1.74 bits per heavy atom. The van der Waals surface area contributed by atoms with Gasteiger partial charge in [0.25, 0.3) is 0 Å². The van der Waals surface area contributed by atoms with Crippen LogP contribution < -0.4 is 15.2 Å². The molecule has 0 unspecified atom stereocenters. The van der Waals surface area contributed by atoms with Gasteiger partial charge in [-0.3, -0.25) is 4.79 Å². The van der Waals surface area contributed by atoms with Gasteiger partial charge in [0.15, 0.2) is 0 Å². The molecule has 0 aliphatic carbocycles. The molecule has 3 rings (SSSR count). The first-order valence-electron chi connectivity index (χ1n) is 8.63. The second-order valence-electron chi connectivity index (χ2n) is 5.86. The van der Waals surface area contributed by atoms with Crippen LogP contribution in [0.5, 0.6) is 11.5 Å². The molecule has 0 spiro atoms. The van der Waals surface area contributed by atoms with E-state index in [0.717, 1.165) is 22.6 Å². The van der Waals surface area contributed by atoms with Gasteiger partial charge in [-0.25, -0.2) is 9.97 Å². The van der Waals surface area contributed by atoms with Crippen LogP contribution in [0.25, 0.3) is 22.5 Å². The Morgan fingerprint density at radius 1 is 1.04 bits per heavy atom. The van der Waals surface area contributed by atoms with E-state index in [1.54, 1.807) is 7.11 Å². The zero-order chi connectivity index (χ0) is 19.2. The third-order valence-corrected chi connectivity index (χ3v) is 3.95. The Labute approximate surface area is 158 Å². The zero-order valence-corrected chi connectivity index (χ0v) is 15.3. The van der Waals surface area contributed by atoms with Crippen LogP contribution >= 0.6 is 0 Å². The van der Waals surface area contributed by atoms with Crippen LogP contribution in [0, 0.1) is 0 Å². The minimum atomic E-state index is -0.481. The number of methoxy groups -OCH3 is 1.